The number of fused-ring (bicyclic) bond motifs is 15. The summed E-state index contributed by atoms with van der Waals surface area (Å²) in [4.78, 5) is 31.8. The molecule has 7 aromatic heterocycles. The molecular weight excluding hydrogens is 1580 g/mol. The number of hydrogen-bond donors (Lipinski definition) is 0. The van der Waals surface area contributed by atoms with Crippen LogP contribution in [0.5, 0.6) is 0 Å². The van der Waals surface area contributed by atoms with Crippen LogP contribution < -0.4 is 0 Å². The first-order valence-electron chi connectivity index (χ1n) is 42.7. The maximum absolute atomic E-state index is 6.39. The molecule has 0 aliphatic rings. The van der Waals surface area contributed by atoms with E-state index in [0.29, 0.717) is 11.6 Å². The third-order valence-corrected chi connectivity index (χ3v) is 26.9. The first-order valence-corrected chi connectivity index (χ1v) is 44.4. The highest BCUT2D eigenvalue weighted by atomic mass is 32.1. The fraction of sp³-hybridized carbons (Fsp3) is 0. The van der Waals surface area contributed by atoms with E-state index < -0.39 is 0 Å². The van der Waals surface area contributed by atoms with Gasteiger partial charge in [-0.2, -0.15) is 0 Å². The predicted octanol–water partition coefficient (Wildman–Crippen LogP) is 32.7. The molecule has 0 N–H and O–H groups in total. The van der Waals surface area contributed by atoms with E-state index in [4.69, 9.17) is 34.3 Å². The summed E-state index contributed by atoms with van der Waals surface area (Å²) in [6.07, 6.45) is 0. The molecule has 0 aliphatic heterocycles. The molecule has 0 unspecified atom stereocenters. The highest BCUT2D eigenvalue weighted by Crippen LogP contribution is 2.49. The average molecular weight is 1650 g/mol. The number of thiophene rings is 2. The van der Waals surface area contributed by atoms with Crippen LogP contribution in [0.1, 0.15) is 0 Å². The van der Waals surface area contributed by atoms with Crippen LogP contribution in [0.3, 0.4) is 0 Å². The molecule has 127 heavy (non-hydrogen) atoms. The number of furan rings is 1. The van der Waals surface area contributed by atoms with Gasteiger partial charge in [-0.3, -0.25) is 0 Å². The molecular formula is C118H72N6OS2. The Hall–Kier alpha value is -16.3. The van der Waals surface area contributed by atoms with E-state index in [-0.39, 0.29) is 0 Å². The third kappa shape index (κ3) is 13.7. The fourth-order valence-corrected chi connectivity index (χ4v) is 20.8. The number of hydrogen-bond acceptors (Lipinski definition) is 9. The van der Waals surface area contributed by atoms with Gasteiger partial charge in [0.2, 0.25) is 0 Å². The van der Waals surface area contributed by atoms with Gasteiger partial charge in [-0.05, 0) is 132 Å². The summed E-state index contributed by atoms with van der Waals surface area (Å²) < 4.78 is 11.4. The Balaban J connectivity index is 0.000000142. The molecule has 0 spiro atoms. The standard InChI is InChI=1S/C59H35N3OS.C59H37N3S/c1-2-14-38(15-3-1)50-35-51(39-29-27-37(28-30-39)44-22-12-24-47-45-20-6-8-25-53(45)63-57(44)47)62-59(61-50)42-18-10-17-40(33-42)41-31-32-48-52(34-41)60-56(46-23-11-16-36-13-4-5-19-43(36)46)58-55(48)49-21-7-9-26-54(49)64-58;1-3-14-38(15-4-1)39-28-30-42(31-29-39)53-37-52(41-17-5-2-6-18-41)61-59(62-53)47-23-12-22-45(35-47)43-20-11-21-44(34-43)46-32-33-50-54(36-46)60-57(49-26-13-19-40-16-7-8-24-48(40)49)58-56(50)51-25-9-10-27-55(51)63-58/h1-35H;1-37H. The molecule has 0 aliphatic carbocycles. The summed E-state index contributed by atoms with van der Waals surface area (Å²) >= 11 is 3.66. The second kappa shape index (κ2) is 31.5. The normalized spacial score (nSPS) is 11.6. The number of para-hydroxylation sites is 2. The highest BCUT2D eigenvalue weighted by molar-refractivity contribution is 7.27. The van der Waals surface area contributed by atoms with E-state index in [1.165, 1.54) is 78.4 Å². The van der Waals surface area contributed by atoms with Crippen LogP contribution in [0, 0.1) is 0 Å². The first kappa shape index (κ1) is 74.5. The number of pyridine rings is 2. The summed E-state index contributed by atoms with van der Waals surface area (Å²) in [5.74, 6) is 1.35. The van der Waals surface area contributed by atoms with E-state index >= 15 is 0 Å². The highest BCUT2D eigenvalue weighted by Gasteiger charge is 2.24. The van der Waals surface area contributed by atoms with Gasteiger partial charge >= 0.3 is 0 Å². The van der Waals surface area contributed by atoms with E-state index in [1.54, 1.807) is 0 Å². The lowest BCUT2D eigenvalue weighted by Gasteiger charge is -2.12. The van der Waals surface area contributed by atoms with Gasteiger partial charge in [-0.1, -0.05) is 376 Å². The number of aromatic nitrogens is 6. The average Bonchev–Trinajstić information content (AvgIpc) is 1.60. The van der Waals surface area contributed by atoms with E-state index in [0.717, 1.165) is 162 Å². The Labute approximate surface area is 739 Å². The Morgan fingerprint density at radius 2 is 0.504 bits per heavy atom. The summed E-state index contributed by atoms with van der Waals surface area (Å²) in [6.45, 7) is 0. The molecule has 0 atom stereocenters. The molecule has 7 heterocycles. The van der Waals surface area contributed by atoms with Crippen molar-refractivity contribution in [2.45, 2.75) is 0 Å². The van der Waals surface area contributed by atoms with Crippen molar-refractivity contribution >= 4 is 128 Å². The van der Waals surface area contributed by atoms with E-state index in [2.05, 4.69) is 406 Å². The summed E-state index contributed by atoms with van der Waals surface area (Å²) in [5.41, 5.74) is 28.7. The van der Waals surface area contributed by atoms with Crippen molar-refractivity contribution in [3.8, 4) is 146 Å². The molecule has 0 bridgehead atoms. The van der Waals surface area contributed by atoms with Crippen LogP contribution in [0.25, 0.3) is 252 Å². The first-order chi connectivity index (χ1) is 62.9. The van der Waals surface area contributed by atoms with Crippen LogP contribution in [0.2, 0.25) is 0 Å². The van der Waals surface area contributed by atoms with Gasteiger partial charge in [-0.25, -0.2) is 29.9 Å². The maximum Gasteiger partial charge on any atom is 0.160 e. The lowest BCUT2D eigenvalue weighted by atomic mass is 9.95. The molecule has 592 valence electrons. The van der Waals surface area contributed by atoms with Gasteiger partial charge < -0.3 is 4.42 Å². The predicted molar refractivity (Wildman–Crippen MR) is 533 cm³/mol. The molecule has 25 rings (SSSR count). The van der Waals surface area contributed by atoms with Crippen molar-refractivity contribution in [2.24, 2.45) is 0 Å². The number of rotatable bonds is 13. The Bertz CT molecular complexity index is 8630. The zero-order chi connectivity index (χ0) is 83.8. The molecule has 0 radical (unpaired) electrons. The minimum Gasteiger partial charge on any atom is -0.455 e. The van der Waals surface area contributed by atoms with Gasteiger partial charge in [0.25, 0.3) is 0 Å². The maximum atomic E-state index is 6.39. The molecule has 0 amide bonds. The summed E-state index contributed by atoms with van der Waals surface area (Å²) in [6, 6.07) is 154. The van der Waals surface area contributed by atoms with Crippen molar-refractivity contribution < 1.29 is 4.42 Å². The minimum absolute atomic E-state index is 0.665. The van der Waals surface area contributed by atoms with E-state index in [1.807, 2.05) is 53.0 Å². The van der Waals surface area contributed by atoms with Crippen LogP contribution in [0.15, 0.2) is 441 Å². The molecule has 0 saturated heterocycles. The summed E-state index contributed by atoms with van der Waals surface area (Å²) in [7, 11) is 0. The smallest absolute Gasteiger partial charge is 0.160 e. The van der Waals surface area contributed by atoms with Crippen LogP contribution in [-0.4, -0.2) is 29.9 Å². The van der Waals surface area contributed by atoms with Crippen molar-refractivity contribution in [1.82, 2.24) is 29.9 Å². The lowest BCUT2D eigenvalue weighted by molar-refractivity contribution is 0.670. The zero-order valence-electron chi connectivity index (χ0n) is 68.5. The SMILES string of the molecule is c1ccc(-c2cc(-c3ccc(-c4cccc5c4oc4ccccc45)cc3)nc(-c3cccc(-c4ccc5c(c4)nc(-c4cccc6ccccc46)c4sc6ccccc6c45)c3)n2)cc1.c1ccc(-c2ccc(-c3cc(-c4ccccc4)nc(-c4cccc(-c5cccc(-c6ccc7c(c6)nc(-c6cccc8ccccc68)c6sc8ccccc8c67)c5)c4)n3)cc2)cc1. The molecule has 9 heteroatoms. The van der Waals surface area contributed by atoms with Crippen LogP contribution in [0.4, 0.5) is 0 Å². The zero-order valence-corrected chi connectivity index (χ0v) is 70.1. The molecule has 18 aromatic carbocycles. The topological polar surface area (TPSA) is 90.5 Å². The van der Waals surface area contributed by atoms with Gasteiger partial charge in [0, 0.05) is 103 Å². The number of benzene rings is 18. The van der Waals surface area contributed by atoms with Gasteiger partial charge in [0.05, 0.1) is 54.6 Å². The Morgan fingerprint density at radius 3 is 0.984 bits per heavy atom. The Kier molecular flexibility index (Phi) is 18.5. The fourth-order valence-electron chi connectivity index (χ4n) is 18.3. The van der Waals surface area contributed by atoms with Crippen LogP contribution >= 0.6 is 22.7 Å². The second-order valence-electron chi connectivity index (χ2n) is 32.2. The van der Waals surface area contributed by atoms with Gasteiger partial charge in [-0.15, -0.1) is 22.7 Å². The number of nitrogens with zero attached hydrogens (tertiary/aromatic N) is 6. The quantitative estimate of drug-likeness (QED) is 0.114. The van der Waals surface area contributed by atoms with Crippen molar-refractivity contribution in [1.29, 1.82) is 0 Å². The van der Waals surface area contributed by atoms with Crippen molar-refractivity contribution in [3.63, 3.8) is 0 Å². The summed E-state index contributed by atoms with van der Waals surface area (Å²) in [5, 5.41) is 14.5. The lowest BCUT2D eigenvalue weighted by Crippen LogP contribution is -1.96. The van der Waals surface area contributed by atoms with Crippen molar-refractivity contribution in [3.05, 3.63) is 437 Å². The Morgan fingerprint density at radius 1 is 0.189 bits per heavy atom. The van der Waals surface area contributed by atoms with E-state index in [9.17, 15) is 0 Å². The molecule has 7 nitrogen and oxygen atoms in total. The van der Waals surface area contributed by atoms with Gasteiger partial charge in [0.1, 0.15) is 11.2 Å². The molecule has 25 aromatic rings. The monoisotopic (exact) mass is 1650 g/mol. The molecule has 0 fully saturated rings. The van der Waals surface area contributed by atoms with Gasteiger partial charge in [0.15, 0.2) is 11.6 Å². The van der Waals surface area contributed by atoms with Crippen molar-refractivity contribution in [2.75, 3.05) is 0 Å². The van der Waals surface area contributed by atoms with Crippen LogP contribution in [-0.2, 0) is 0 Å². The second-order valence-corrected chi connectivity index (χ2v) is 34.3. The molecule has 0 saturated carbocycles. The minimum atomic E-state index is 0.665. The largest absolute Gasteiger partial charge is 0.455 e. The third-order valence-electron chi connectivity index (χ3n) is 24.6.